The molecule has 1 aromatic carbocycles. The molecule has 2 unspecified atom stereocenters. The Morgan fingerprint density at radius 2 is 1.57 bits per heavy atom. The standard InChI is InChI=1S/C27H32N8/c1-34-15-21(12-30-34)17-5-3-8-20(9-17)26-29-14-24(22-13-31-35(2)16-22)27(33-26)32-25-18-6-4-7-19(25)11-23(28)10-18/h3,5,8-9,12-16,18-19,23,25H,4,6-7,10-11,28H2,1-2H3,(H,29,32,33). The molecule has 2 fully saturated rings. The number of benzene rings is 1. The van der Waals surface area contributed by atoms with E-state index in [2.05, 4.69) is 39.8 Å². The van der Waals surface area contributed by atoms with Crippen molar-refractivity contribution in [2.75, 3.05) is 5.32 Å². The van der Waals surface area contributed by atoms with Gasteiger partial charge in [0.1, 0.15) is 5.82 Å². The van der Waals surface area contributed by atoms with Gasteiger partial charge in [0.2, 0.25) is 0 Å². The van der Waals surface area contributed by atoms with Crippen LogP contribution in [0.25, 0.3) is 33.6 Å². The number of rotatable bonds is 5. The Morgan fingerprint density at radius 1 is 0.886 bits per heavy atom. The van der Waals surface area contributed by atoms with Crippen molar-refractivity contribution in [1.29, 1.82) is 0 Å². The van der Waals surface area contributed by atoms with Gasteiger partial charge in [-0.05, 0) is 49.1 Å². The average molecular weight is 469 g/mol. The van der Waals surface area contributed by atoms with Crippen molar-refractivity contribution in [3.05, 3.63) is 55.2 Å². The molecule has 2 atom stereocenters. The third-order valence-corrected chi connectivity index (χ3v) is 7.64. The second-order valence-electron chi connectivity index (χ2n) is 10.2. The van der Waals surface area contributed by atoms with E-state index in [1.165, 1.54) is 19.3 Å². The van der Waals surface area contributed by atoms with Gasteiger partial charge in [0.25, 0.3) is 0 Å². The molecule has 8 nitrogen and oxygen atoms in total. The Balaban J connectivity index is 1.39. The zero-order valence-corrected chi connectivity index (χ0v) is 20.3. The summed E-state index contributed by atoms with van der Waals surface area (Å²) in [4.78, 5) is 9.88. The van der Waals surface area contributed by atoms with Crippen LogP contribution in [-0.4, -0.2) is 41.6 Å². The Labute approximate surface area is 205 Å². The second kappa shape index (κ2) is 8.92. The number of fused-ring (bicyclic) bond motifs is 2. The molecule has 180 valence electrons. The molecule has 3 N–H and O–H groups in total. The van der Waals surface area contributed by atoms with Gasteiger partial charge in [-0.3, -0.25) is 9.36 Å². The number of nitrogens with zero attached hydrogens (tertiary/aromatic N) is 6. The maximum absolute atomic E-state index is 6.40. The van der Waals surface area contributed by atoms with Gasteiger partial charge in [-0.1, -0.05) is 24.6 Å². The van der Waals surface area contributed by atoms with Crippen molar-refractivity contribution in [3.63, 3.8) is 0 Å². The third-order valence-electron chi connectivity index (χ3n) is 7.64. The summed E-state index contributed by atoms with van der Waals surface area (Å²) in [6.45, 7) is 0. The van der Waals surface area contributed by atoms with E-state index in [9.17, 15) is 0 Å². The molecular formula is C27H32N8. The fourth-order valence-electron chi connectivity index (χ4n) is 5.99. The first-order valence-electron chi connectivity index (χ1n) is 12.5. The molecule has 0 saturated heterocycles. The van der Waals surface area contributed by atoms with Crippen molar-refractivity contribution in [3.8, 4) is 33.6 Å². The highest BCUT2D eigenvalue weighted by molar-refractivity contribution is 5.77. The number of hydrogen-bond acceptors (Lipinski definition) is 6. The minimum Gasteiger partial charge on any atom is -0.366 e. The van der Waals surface area contributed by atoms with Gasteiger partial charge in [-0.25, -0.2) is 9.97 Å². The number of aromatic nitrogens is 6. The van der Waals surface area contributed by atoms with E-state index in [4.69, 9.17) is 15.7 Å². The molecule has 2 saturated carbocycles. The zero-order valence-electron chi connectivity index (χ0n) is 20.3. The molecule has 2 aliphatic rings. The number of hydrogen-bond donors (Lipinski definition) is 2. The molecule has 0 amide bonds. The fraction of sp³-hybridized carbons (Fsp3) is 0.407. The van der Waals surface area contributed by atoms with Gasteiger partial charge in [0, 0.05) is 67.0 Å². The van der Waals surface area contributed by atoms with Gasteiger partial charge in [-0.15, -0.1) is 0 Å². The van der Waals surface area contributed by atoms with Crippen LogP contribution in [0.1, 0.15) is 32.1 Å². The van der Waals surface area contributed by atoms with Crippen LogP contribution in [0.15, 0.2) is 55.2 Å². The first-order valence-corrected chi connectivity index (χ1v) is 12.5. The average Bonchev–Trinajstić information content (AvgIpc) is 3.48. The minimum atomic E-state index is 0.317. The Morgan fingerprint density at radius 3 is 2.26 bits per heavy atom. The van der Waals surface area contributed by atoms with E-state index in [1.54, 1.807) is 0 Å². The largest absolute Gasteiger partial charge is 0.366 e. The monoisotopic (exact) mass is 468 g/mol. The summed E-state index contributed by atoms with van der Waals surface area (Å²) < 4.78 is 3.63. The Hall–Kier alpha value is -3.52. The van der Waals surface area contributed by atoms with E-state index in [1.807, 2.05) is 54.4 Å². The molecule has 0 aliphatic heterocycles. The Bertz CT molecular complexity index is 1320. The maximum Gasteiger partial charge on any atom is 0.161 e. The normalized spacial score (nSPS) is 23.9. The van der Waals surface area contributed by atoms with Crippen molar-refractivity contribution in [2.45, 2.75) is 44.2 Å². The van der Waals surface area contributed by atoms with Crippen LogP contribution < -0.4 is 11.1 Å². The zero-order chi connectivity index (χ0) is 23.9. The van der Waals surface area contributed by atoms with E-state index in [0.29, 0.717) is 29.7 Å². The van der Waals surface area contributed by atoms with Crippen molar-refractivity contribution in [2.24, 2.45) is 31.7 Å². The van der Waals surface area contributed by atoms with Gasteiger partial charge >= 0.3 is 0 Å². The molecule has 2 bridgehead atoms. The van der Waals surface area contributed by atoms with Crippen LogP contribution in [0.2, 0.25) is 0 Å². The predicted octanol–water partition coefficient (Wildman–Crippen LogP) is 4.26. The van der Waals surface area contributed by atoms with Crippen LogP contribution in [0.3, 0.4) is 0 Å². The van der Waals surface area contributed by atoms with Gasteiger partial charge in [0.05, 0.1) is 12.4 Å². The van der Waals surface area contributed by atoms with Crippen LogP contribution in [0.4, 0.5) is 5.82 Å². The Kier molecular flexibility index (Phi) is 5.60. The van der Waals surface area contributed by atoms with Crippen molar-refractivity contribution in [1.82, 2.24) is 29.5 Å². The second-order valence-corrected chi connectivity index (χ2v) is 10.2. The third kappa shape index (κ3) is 4.34. The van der Waals surface area contributed by atoms with Gasteiger partial charge in [-0.2, -0.15) is 10.2 Å². The number of nitrogens with one attached hydrogen (secondary N) is 1. The molecule has 8 heteroatoms. The molecular weight excluding hydrogens is 436 g/mol. The lowest BCUT2D eigenvalue weighted by Crippen LogP contribution is -2.49. The minimum absolute atomic E-state index is 0.317. The summed E-state index contributed by atoms with van der Waals surface area (Å²) >= 11 is 0. The summed E-state index contributed by atoms with van der Waals surface area (Å²) in [6.07, 6.45) is 15.7. The summed E-state index contributed by atoms with van der Waals surface area (Å²) in [6, 6.07) is 9.05. The summed E-state index contributed by atoms with van der Waals surface area (Å²) in [5.41, 5.74) is 11.6. The lowest BCUT2D eigenvalue weighted by atomic mass is 9.67. The van der Waals surface area contributed by atoms with Crippen molar-refractivity contribution < 1.29 is 0 Å². The summed E-state index contributed by atoms with van der Waals surface area (Å²) in [5.74, 6) is 2.77. The molecule has 35 heavy (non-hydrogen) atoms. The highest BCUT2D eigenvalue weighted by Gasteiger charge is 2.39. The molecule has 6 rings (SSSR count). The van der Waals surface area contributed by atoms with Gasteiger partial charge < -0.3 is 11.1 Å². The molecule has 4 aromatic rings. The molecule has 3 aromatic heterocycles. The topological polar surface area (TPSA) is 99.5 Å². The van der Waals surface area contributed by atoms with E-state index in [-0.39, 0.29) is 0 Å². The summed E-state index contributed by atoms with van der Waals surface area (Å²) in [5, 5.41) is 12.6. The van der Waals surface area contributed by atoms with Crippen LogP contribution in [0.5, 0.6) is 0 Å². The highest BCUT2D eigenvalue weighted by atomic mass is 15.2. The fourth-order valence-corrected chi connectivity index (χ4v) is 5.99. The maximum atomic E-state index is 6.40. The van der Waals surface area contributed by atoms with Gasteiger partial charge in [0.15, 0.2) is 5.82 Å². The highest BCUT2D eigenvalue weighted by Crippen LogP contribution is 2.42. The van der Waals surface area contributed by atoms with E-state index in [0.717, 1.165) is 46.5 Å². The number of aryl methyl sites for hydroxylation is 2. The first kappa shape index (κ1) is 22.0. The SMILES string of the molecule is Cn1cc(-c2cccc(-c3ncc(-c4cnn(C)c4)c(NC4C5CCCC4CC(N)C5)n3)c2)cn1. The quantitative estimate of drug-likeness (QED) is 0.454. The van der Waals surface area contributed by atoms with E-state index < -0.39 is 0 Å². The lowest BCUT2D eigenvalue weighted by Gasteiger charge is -2.45. The van der Waals surface area contributed by atoms with Crippen molar-refractivity contribution >= 4 is 5.82 Å². The summed E-state index contributed by atoms with van der Waals surface area (Å²) in [7, 11) is 3.86. The number of anilines is 1. The van der Waals surface area contributed by atoms with E-state index >= 15 is 0 Å². The lowest BCUT2D eigenvalue weighted by molar-refractivity contribution is 0.149. The molecule has 2 aliphatic carbocycles. The predicted molar refractivity (Wildman–Crippen MR) is 137 cm³/mol. The molecule has 3 heterocycles. The molecule has 0 spiro atoms. The smallest absolute Gasteiger partial charge is 0.161 e. The van der Waals surface area contributed by atoms with Crippen LogP contribution in [-0.2, 0) is 14.1 Å². The number of nitrogens with two attached hydrogens (primary N) is 1. The van der Waals surface area contributed by atoms with Crippen LogP contribution in [0, 0.1) is 11.8 Å². The van der Waals surface area contributed by atoms with Crippen LogP contribution >= 0.6 is 0 Å². The first-order chi connectivity index (χ1) is 17.0. The molecule has 0 radical (unpaired) electrons.